The number of nitrogens with two attached hydrogens (primary N) is 1. The first-order valence-electron chi connectivity index (χ1n) is 5.65. The number of carboxylic acids is 1. The van der Waals surface area contributed by atoms with E-state index in [4.69, 9.17) is 15.6 Å². The van der Waals surface area contributed by atoms with Crippen molar-refractivity contribution < 1.29 is 27.9 Å². The molecule has 0 saturated heterocycles. The molecule has 1 aromatic rings. The Morgan fingerprint density at radius 1 is 1.35 bits per heavy atom. The predicted molar refractivity (Wildman–Crippen MR) is 63.1 cm³/mol. The van der Waals surface area contributed by atoms with E-state index < -0.39 is 12.1 Å². The van der Waals surface area contributed by atoms with Crippen LogP contribution in [0.4, 0.5) is 13.2 Å². The Bertz CT molecular complexity index is 523. The minimum Gasteiger partial charge on any atom is -0.475 e. The average molecular weight is 293 g/mol. The van der Waals surface area contributed by atoms with Gasteiger partial charge < -0.3 is 21.1 Å². The largest absolute Gasteiger partial charge is 0.490 e. The summed E-state index contributed by atoms with van der Waals surface area (Å²) >= 11 is 0. The first-order chi connectivity index (χ1) is 9.14. The van der Waals surface area contributed by atoms with E-state index in [1.54, 1.807) is 0 Å². The number of alkyl halides is 3. The quantitative estimate of drug-likeness (QED) is 0.611. The normalized spacial score (nSPS) is 14.0. The van der Waals surface area contributed by atoms with Crippen molar-refractivity contribution in [2.45, 2.75) is 26.1 Å². The van der Waals surface area contributed by atoms with Crippen molar-refractivity contribution in [2.24, 2.45) is 5.73 Å². The zero-order chi connectivity index (χ0) is 15.5. The molecule has 112 valence electrons. The molecule has 2 rings (SSSR count). The fourth-order valence-corrected chi connectivity index (χ4v) is 1.91. The molecule has 1 amide bonds. The number of aliphatic carboxylic acids is 1. The van der Waals surface area contributed by atoms with Gasteiger partial charge in [-0.3, -0.25) is 4.79 Å². The number of H-pyrrole nitrogens is 1. The fourth-order valence-electron chi connectivity index (χ4n) is 1.91. The van der Waals surface area contributed by atoms with Crippen molar-refractivity contribution in [1.29, 1.82) is 0 Å². The minimum atomic E-state index is -5.08. The van der Waals surface area contributed by atoms with Gasteiger partial charge in [-0.15, -0.1) is 0 Å². The number of rotatable bonds is 1. The van der Waals surface area contributed by atoms with Crippen LogP contribution in [-0.4, -0.2) is 34.7 Å². The third kappa shape index (κ3) is 3.73. The van der Waals surface area contributed by atoms with Gasteiger partial charge in [-0.2, -0.15) is 13.2 Å². The molecule has 0 atom stereocenters. The molecule has 0 unspecified atom stereocenters. The molecule has 0 radical (unpaired) electrons. The second-order valence-corrected chi connectivity index (χ2v) is 4.18. The monoisotopic (exact) mass is 293 g/mol. The molecule has 20 heavy (non-hydrogen) atoms. The molecule has 0 spiro atoms. The number of carbonyl (C=O) groups is 2. The topological polar surface area (TPSA) is 108 Å². The maximum Gasteiger partial charge on any atom is 0.490 e. The summed E-state index contributed by atoms with van der Waals surface area (Å²) in [5.74, 6) is -3.09. The first-order valence-corrected chi connectivity index (χ1v) is 5.65. The number of aryl methyl sites for hydroxylation is 1. The molecule has 1 aromatic heterocycles. The number of fused-ring (bicyclic) bond motifs is 1. The number of aromatic nitrogens is 1. The molecule has 1 aliphatic rings. The molecule has 1 aliphatic heterocycles. The number of carbonyl (C=O) groups excluding carboxylic acids is 1. The van der Waals surface area contributed by atoms with Crippen LogP contribution in [0.25, 0.3) is 0 Å². The lowest BCUT2D eigenvalue weighted by atomic mass is 10.0. The van der Waals surface area contributed by atoms with E-state index in [9.17, 15) is 18.0 Å². The zero-order valence-corrected chi connectivity index (χ0v) is 10.6. The van der Waals surface area contributed by atoms with Gasteiger partial charge in [0.25, 0.3) is 5.91 Å². The first kappa shape index (κ1) is 16.0. The van der Waals surface area contributed by atoms with Crippen molar-refractivity contribution in [2.75, 3.05) is 6.54 Å². The van der Waals surface area contributed by atoms with E-state index in [0.717, 1.165) is 36.5 Å². The number of hydrogen-bond acceptors (Lipinski definition) is 3. The van der Waals surface area contributed by atoms with Gasteiger partial charge in [0.2, 0.25) is 0 Å². The number of hydrogen-bond donors (Lipinski definition) is 4. The lowest BCUT2D eigenvalue weighted by Gasteiger charge is -2.13. The number of nitrogens with one attached hydrogen (secondary N) is 2. The van der Waals surface area contributed by atoms with E-state index in [1.807, 2.05) is 6.92 Å². The molecule has 0 fully saturated rings. The van der Waals surface area contributed by atoms with Crippen LogP contribution < -0.4 is 11.1 Å². The van der Waals surface area contributed by atoms with Gasteiger partial charge in [-0.05, 0) is 12.5 Å². The molecule has 5 N–H and O–H groups in total. The van der Waals surface area contributed by atoms with Crippen LogP contribution >= 0.6 is 0 Å². The Labute approximate surface area is 112 Å². The number of aromatic amines is 1. The third-order valence-corrected chi connectivity index (χ3v) is 2.72. The molecular weight excluding hydrogens is 279 g/mol. The molecule has 6 nitrogen and oxygen atoms in total. The Balaban J connectivity index is 0.000000246. The second-order valence-electron chi connectivity index (χ2n) is 4.18. The van der Waals surface area contributed by atoms with E-state index in [0.29, 0.717) is 5.56 Å². The minimum absolute atomic E-state index is 0.335. The van der Waals surface area contributed by atoms with E-state index in [-0.39, 0.29) is 5.91 Å². The maximum absolute atomic E-state index is 11.1. The van der Waals surface area contributed by atoms with Gasteiger partial charge in [0.05, 0.1) is 5.56 Å². The summed E-state index contributed by atoms with van der Waals surface area (Å²) in [7, 11) is 0. The van der Waals surface area contributed by atoms with Crippen LogP contribution in [-0.2, 0) is 17.8 Å². The van der Waals surface area contributed by atoms with Gasteiger partial charge in [0, 0.05) is 30.9 Å². The van der Waals surface area contributed by atoms with Crippen molar-refractivity contribution in [3.05, 3.63) is 22.5 Å². The molecule has 0 saturated carbocycles. The summed E-state index contributed by atoms with van der Waals surface area (Å²) in [4.78, 5) is 23.2. The van der Waals surface area contributed by atoms with Gasteiger partial charge in [0.1, 0.15) is 0 Å². The highest BCUT2D eigenvalue weighted by Gasteiger charge is 2.38. The van der Waals surface area contributed by atoms with Crippen molar-refractivity contribution in [3.63, 3.8) is 0 Å². The number of halogens is 3. The highest BCUT2D eigenvalue weighted by atomic mass is 19.4. The number of amides is 1. The summed E-state index contributed by atoms with van der Waals surface area (Å²) in [5, 5.41) is 10.3. The summed E-state index contributed by atoms with van der Waals surface area (Å²) in [6, 6.07) is 0. The SMILES string of the molecule is Cc1[nH]c2c(c1C(N)=O)CNCC2.O=C(O)C(F)(F)F. The van der Waals surface area contributed by atoms with E-state index in [1.165, 1.54) is 0 Å². The van der Waals surface area contributed by atoms with Crippen LogP contribution in [0.5, 0.6) is 0 Å². The Hall–Kier alpha value is -2.03. The lowest BCUT2D eigenvalue weighted by Crippen LogP contribution is -2.25. The molecule has 9 heteroatoms. The predicted octanol–water partition coefficient (Wildman–Crippen LogP) is 0.701. The van der Waals surface area contributed by atoms with Crippen LogP contribution in [0.3, 0.4) is 0 Å². The van der Waals surface area contributed by atoms with Crippen LogP contribution in [0.15, 0.2) is 0 Å². The Kier molecular flexibility index (Phi) is 4.77. The number of carboxylic acid groups (broad SMARTS) is 1. The van der Waals surface area contributed by atoms with Crippen molar-refractivity contribution in [1.82, 2.24) is 10.3 Å². The van der Waals surface area contributed by atoms with Crippen molar-refractivity contribution >= 4 is 11.9 Å². The Morgan fingerprint density at radius 2 is 1.90 bits per heavy atom. The molecule has 0 aliphatic carbocycles. The van der Waals surface area contributed by atoms with Crippen LogP contribution in [0.2, 0.25) is 0 Å². The molecule has 0 bridgehead atoms. The Morgan fingerprint density at radius 3 is 2.35 bits per heavy atom. The summed E-state index contributed by atoms with van der Waals surface area (Å²) in [5.41, 5.74) is 9.06. The smallest absolute Gasteiger partial charge is 0.475 e. The maximum atomic E-state index is 11.1. The van der Waals surface area contributed by atoms with E-state index in [2.05, 4.69) is 10.3 Å². The summed E-state index contributed by atoms with van der Waals surface area (Å²) < 4.78 is 31.7. The van der Waals surface area contributed by atoms with Crippen LogP contribution in [0.1, 0.15) is 27.3 Å². The number of primary amides is 1. The highest BCUT2D eigenvalue weighted by Crippen LogP contribution is 2.20. The molecule has 2 heterocycles. The standard InChI is InChI=1S/C9H13N3O.C2HF3O2/c1-5-8(9(10)13)6-4-11-3-2-7(6)12-5;3-2(4,5)1(6)7/h11-12H,2-4H2,1H3,(H2,10,13);(H,6,7). The molecular formula is C11H14F3N3O3. The highest BCUT2D eigenvalue weighted by molar-refractivity contribution is 5.96. The fraction of sp³-hybridized carbons (Fsp3) is 0.455. The van der Waals surface area contributed by atoms with Gasteiger partial charge in [-0.25, -0.2) is 4.79 Å². The van der Waals surface area contributed by atoms with E-state index >= 15 is 0 Å². The average Bonchev–Trinajstić information content (AvgIpc) is 2.64. The summed E-state index contributed by atoms with van der Waals surface area (Å²) in [6.45, 7) is 3.60. The van der Waals surface area contributed by atoms with Crippen LogP contribution in [0, 0.1) is 6.92 Å². The van der Waals surface area contributed by atoms with Gasteiger partial charge in [0.15, 0.2) is 0 Å². The molecule has 0 aromatic carbocycles. The van der Waals surface area contributed by atoms with Gasteiger partial charge in [-0.1, -0.05) is 0 Å². The third-order valence-electron chi connectivity index (χ3n) is 2.72. The van der Waals surface area contributed by atoms with Gasteiger partial charge >= 0.3 is 12.1 Å². The zero-order valence-electron chi connectivity index (χ0n) is 10.6. The lowest BCUT2D eigenvalue weighted by molar-refractivity contribution is -0.192. The van der Waals surface area contributed by atoms with Crippen molar-refractivity contribution in [3.8, 4) is 0 Å². The second kappa shape index (κ2) is 5.95. The summed E-state index contributed by atoms with van der Waals surface area (Å²) in [6.07, 6.45) is -4.14.